The first-order valence-corrected chi connectivity index (χ1v) is 6.93. The van der Waals surface area contributed by atoms with E-state index in [1.54, 1.807) is 6.92 Å². The number of pyridine rings is 1. The highest BCUT2D eigenvalue weighted by atomic mass is 19.4. The van der Waals surface area contributed by atoms with Crippen LogP contribution in [-0.4, -0.2) is 28.8 Å². The fourth-order valence-electron chi connectivity index (χ4n) is 2.10. The van der Waals surface area contributed by atoms with Crippen LogP contribution in [0, 0.1) is 5.41 Å². The van der Waals surface area contributed by atoms with Crippen molar-refractivity contribution >= 4 is 11.7 Å². The van der Waals surface area contributed by atoms with Gasteiger partial charge in [0.05, 0.1) is 11.7 Å². The number of carbonyl (C=O) groups excluding carboxylic acids is 1. The van der Waals surface area contributed by atoms with E-state index in [0.29, 0.717) is 18.7 Å². The molecule has 0 aliphatic rings. The van der Waals surface area contributed by atoms with Crippen molar-refractivity contribution < 1.29 is 23.1 Å². The molecule has 6 nitrogen and oxygen atoms in total. The summed E-state index contributed by atoms with van der Waals surface area (Å²) in [7, 11) is 0. The molecule has 0 bridgehead atoms. The van der Waals surface area contributed by atoms with Gasteiger partial charge in [0.15, 0.2) is 0 Å². The third kappa shape index (κ3) is 6.31. The van der Waals surface area contributed by atoms with Gasteiger partial charge in [-0.3, -0.25) is 4.79 Å². The molecule has 0 aromatic carbocycles. The first kappa shape index (κ1) is 19.0. The SMILES string of the molecule is CC(O)CC(C)(C)CNC(=O)Nc1cc(C(F)(F)F)c[nH]c1=O. The second-order valence-corrected chi connectivity index (χ2v) is 6.15. The molecular weight excluding hydrogens is 315 g/mol. The van der Waals surface area contributed by atoms with Crippen LogP contribution in [0.5, 0.6) is 0 Å². The van der Waals surface area contributed by atoms with Gasteiger partial charge in [0.25, 0.3) is 5.56 Å². The predicted octanol–water partition coefficient (Wildman–Crippen LogP) is 2.31. The van der Waals surface area contributed by atoms with Crippen LogP contribution in [0.15, 0.2) is 17.1 Å². The van der Waals surface area contributed by atoms with Crippen molar-refractivity contribution in [1.82, 2.24) is 10.3 Å². The Hall–Kier alpha value is -2.03. The van der Waals surface area contributed by atoms with Crippen LogP contribution in [0.2, 0.25) is 0 Å². The van der Waals surface area contributed by atoms with E-state index in [1.807, 2.05) is 18.8 Å². The molecule has 0 fully saturated rings. The Bertz CT molecular complexity index is 609. The highest BCUT2D eigenvalue weighted by Crippen LogP contribution is 2.29. The standard InChI is InChI=1S/C14H20F3N3O3/c1-8(21)5-13(2,3)7-19-12(23)20-10-4-9(14(15,16)17)6-18-11(10)22/h4,6,8,21H,5,7H2,1-3H3,(H,18,22)(H2,19,20,23). The number of hydrogen-bond donors (Lipinski definition) is 4. The number of aliphatic hydroxyl groups is 1. The summed E-state index contributed by atoms with van der Waals surface area (Å²) in [5.41, 5.74) is -2.81. The summed E-state index contributed by atoms with van der Waals surface area (Å²) in [6.45, 7) is 5.43. The van der Waals surface area contributed by atoms with Gasteiger partial charge in [0, 0.05) is 12.7 Å². The maximum atomic E-state index is 12.6. The Morgan fingerprint density at radius 3 is 2.52 bits per heavy atom. The molecule has 1 atom stereocenters. The smallest absolute Gasteiger partial charge is 0.393 e. The van der Waals surface area contributed by atoms with E-state index in [2.05, 4.69) is 10.6 Å². The Morgan fingerprint density at radius 1 is 1.39 bits per heavy atom. The number of H-pyrrole nitrogens is 1. The van der Waals surface area contributed by atoms with Crippen molar-refractivity contribution in [3.8, 4) is 0 Å². The zero-order valence-electron chi connectivity index (χ0n) is 13.0. The van der Waals surface area contributed by atoms with Crippen molar-refractivity contribution in [2.75, 3.05) is 11.9 Å². The fourth-order valence-corrected chi connectivity index (χ4v) is 2.10. The number of hydrogen-bond acceptors (Lipinski definition) is 3. The van der Waals surface area contributed by atoms with Gasteiger partial charge in [-0.15, -0.1) is 0 Å². The minimum atomic E-state index is -4.63. The van der Waals surface area contributed by atoms with Gasteiger partial charge < -0.3 is 20.7 Å². The summed E-state index contributed by atoms with van der Waals surface area (Å²) in [6, 6.07) is -0.229. The molecule has 2 amide bonds. The van der Waals surface area contributed by atoms with Gasteiger partial charge in [-0.05, 0) is 24.8 Å². The number of alkyl halides is 3. The number of amides is 2. The van der Waals surface area contributed by atoms with E-state index in [4.69, 9.17) is 0 Å². The zero-order chi connectivity index (χ0) is 17.8. The molecule has 1 rings (SSSR count). The van der Waals surface area contributed by atoms with Crippen LogP contribution in [0.4, 0.5) is 23.7 Å². The normalized spacial score (nSPS) is 13.5. The Balaban J connectivity index is 2.73. The summed E-state index contributed by atoms with van der Waals surface area (Å²) in [6.07, 6.45) is -4.22. The Labute approximate surface area is 131 Å². The molecule has 4 N–H and O–H groups in total. The van der Waals surface area contributed by atoms with Gasteiger partial charge in [-0.2, -0.15) is 13.2 Å². The van der Waals surface area contributed by atoms with Crippen molar-refractivity contribution in [3.63, 3.8) is 0 Å². The molecule has 0 saturated carbocycles. The number of halogens is 3. The number of aliphatic hydroxyl groups excluding tert-OH is 1. The highest BCUT2D eigenvalue weighted by Gasteiger charge is 2.31. The maximum absolute atomic E-state index is 12.6. The minimum absolute atomic E-state index is 0.181. The molecule has 9 heteroatoms. The zero-order valence-corrected chi connectivity index (χ0v) is 13.0. The summed E-state index contributed by atoms with van der Waals surface area (Å²) >= 11 is 0. The Kier molecular flexibility index (Phi) is 5.81. The van der Waals surface area contributed by atoms with E-state index in [-0.39, 0.29) is 6.54 Å². The summed E-state index contributed by atoms with van der Waals surface area (Å²) in [5.74, 6) is 0. The van der Waals surface area contributed by atoms with Crippen molar-refractivity contribution in [3.05, 3.63) is 28.2 Å². The lowest BCUT2D eigenvalue weighted by molar-refractivity contribution is -0.137. The van der Waals surface area contributed by atoms with Crippen LogP contribution in [0.1, 0.15) is 32.8 Å². The number of urea groups is 1. The molecule has 1 aromatic rings. The number of anilines is 1. The van der Waals surface area contributed by atoms with Gasteiger partial charge in [0.1, 0.15) is 5.69 Å². The number of rotatable bonds is 5. The molecule has 0 saturated heterocycles. The number of nitrogens with one attached hydrogen (secondary N) is 3. The summed E-state index contributed by atoms with van der Waals surface area (Å²) < 4.78 is 37.8. The second-order valence-electron chi connectivity index (χ2n) is 6.15. The number of aromatic amines is 1. The first-order valence-electron chi connectivity index (χ1n) is 6.93. The lowest BCUT2D eigenvalue weighted by atomic mass is 9.87. The van der Waals surface area contributed by atoms with Gasteiger partial charge in [-0.25, -0.2) is 4.79 Å². The molecule has 0 spiro atoms. The second kappa shape index (κ2) is 7.03. The highest BCUT2D eigenvalue weighted by molar-refractivity contribution is 5.89. The van der Waals surface area contributed by atoms with Crippen LogP contribution < -0.4 is 16.2 Å². The molecule has 0 radical (unpaired) electrons. The maximum Gasteiger partial charge on any atom is 0.417 e. The molecule has 0 aliphatic carbocycles. The van der Waals surface area contributed by atoms with E-state index in [1.165, 1.54) is 0 Å². The van der Waals surface area contributed by atoms with Crippen LogP contribution >= 0.6 is 0 Å². The van der Waals surface area contributed by atoms with Gasteiger partial charge in [-0.1, -0.05) is 13.8 Å². The molecule has 0 aliphatic heterocycles. The summed E-state index contributed by atoms with van der Waals surface area (Å²) in [4.78, 5) is 25.1. The van der Waals surface area contributed by atoms with Crippen LogP contribution in [0.3, 0.4) is 0 Å². The van der Waals surface area contributed by atoms with Gasteiger partial charge in [0.2, 0.25) is 0 Å². The topological polar surface area (TPSA) is 94.2 Å². The lowest BCUT2D eigenvalue weighted by Gasteiger charge is -2.26. The lowest BCUT2D eigenvalue weighted by Crippen LogP contribution is -2.39. The van der Waals surface area contributed by atoms with E-state index in [0.717, 1.165) is 0 Å². The molecule has 130 valence electrons. The third-order valence-electron chi connectivity index (χ3n) is 3.05. The monoisotopic (exact) mass is 335 g/mol. The van der Waals surface area contributed by atoms with Crippen LogP contribution in [0.25, 0.3) is 0 Å². The fraction of sp³-hybridized carbons (Fsp3) is 0.571. The molecule has 23 heavy (non-hydrogen) atoms. The first-order chi connectivity index (χ1) is 10.4. The third-order valence-corrected chi connectivity index (χ3v) is 3.05. The van der Waals surface area contributed by atoms with Gasteiger partial charge >= 0.3 is 12.2 Å². The van der Waals surface area contributed by atoms with E-state index >= 15 is 0 Å². The molecule has 1 heterocycles. The van der Waals surface area contributed by atoms with Crippen LogP contribution in [-0.2, 0) is 6.18 Å². The van der Waals surface area contributed by atoms with Crippen molar-refractivity contribution in [1.29, 1.82) is 0 Å². The number of carbonyl (C=O) groups is 1. The number of aromatic nitrogens is 1. The van der Waals surface area contributed by atoms with E-state index < -0.39 is 40.5 Å². The molecule has 1 aromatic heterocycles. The minimum Gasteiger partial charge on any atom is -0.393 e. The average molecular weight is 335 g/mol. The molecular formula is C14H20F3N3O3. The average Bonchev–Trinajstić information content (AvgIpc) is 2.36. The van der Waals surface area contributed by atoms with Crippen molar-refractivity contribution in [2.24, 2.45) is 5.41 Å². The van der Waals surface area contributed by atoms with Crippen molar-refractivity contribution in [2.45, 2.75) is 39.5 Å². The molecule has 1 unspecified atom stereocenters. The quantitative estimate of drug-likeness (QED) is 0.665. The Morgan fingerprint density at radius 2 is 2.00 bits per heavy atom. The van der Waals surface area contributed by atoms with E-state index in [9.17, 15) is 27.9 Å². The predicted molar refractivity (Wildman–Crippen MR) is 79.2 cm³/mol. The largest absolute Gasteiger partial charge is 0.417 e. The summed E-state index contributed by atoms with van der Waals surface area (Å²) in [5, 5.41) is 13.9.